The lowest BCUT2D eigenvalue weighted by Gasteiger charge is -2.37. The minimum absolute atomic E-state index is 0. The van der Waals surface area contributed by atoms with Crippen LogP contribution in [0.3, 0.4) is 0 Å². The molecule has 1 fully saturated rings. The van der Waals surface area contributed by atoms with Gasteiger partial charge in [-0.25, -0.2) is 0 Å². The van der Waals surface area contributed by atoms with Crippen LogP contribution in [0.5, 0.6) is 0 Å². The standard InChI is InChI=1S/C15H22BrN3O.ClH/c1-15(2,17)11-18-7-9-19(10-8-18)14(20)12-3-5-13(16)6-4-12;/h3-6H,7-11,17H2,1-2H3;1H. The molecule has 0 atom stereocenters. The molecule has 1 amide bonds. The Morgan fingerprint density at radius 3 is 2.19 bits per heavy atom. The summed E-state index contributed by atoms with van der Waals surface area (Å²) in [4.78, 5) is 16.6. The number of hydrogen-bond donors (Lipinski definition) is 1. The van der Waals surface area contributed by atoms with E-state index in [0.717, 1.165) is 42.8 Å². The predicted octanol–water partition coefficient (Wildman–Crippen LogP) is 2.37. The molecule has 0 bridgehead atoms. The van der Waals surface area contributed by atoms with Gasteiger partial charge in [0.2, 0.25) is 0 Å². The second-order valence-electron chi connectivity index (χ2n) is 6.06. The van der Waals surface area contributed by atoms with Gasteiger partial charge in [-0.15, -0.1) is 12.4 Å². The van der Waals surface area contributed by atoms with Gasteiger partial charge < -0.3 is 10.6 Å². The number of amides is 1. The van der Waals surface area contributed by atoms with E-state index >= 15 is 0 Å². The number of piperazine rings is 1. The zero-order chi connectivity index (χ0) is 14.8. The maximum atomic E-state index is 12.4. The van der Waals surface area contributed by atoms with Crippen molar-refractivity contribution in [3.8, 4) is 0 Å². The third-order valence-corrected chi connectivity index (χ3v) is 3.91. The van der Waals surface area contributed by atoms with Crippen LogP contribution in [-0.4, -0.2) is 54.0 Å². The number of carbonyl (C=O) groups is 1. The van der Waals surface area contributed by atoms with Crippen molar-refractivity contribution in [2.45, 2.75) is 19.4 Å². The molecule has 1 aliphatic rings. The van der Waals surface area contributed by atoms with Crippen molar-refractivity contribution in [1.29, 1.82) is 0 Å². The Bertz CT molecular complexity index is 465. The average Bonchev–Trinajstić information content (AvgIpc) is 2.38. The zero-order valence-electron chi connectivity index (χ0n) is 12.5. The molecule has 0 saturated carbocycles. The molecule has 6 heteroatoms. The molecule has 1 aromatic rings. The van der Waals surface area contributed by atoms with Crippen LogP contribution in [0.4, 0.5) is 0 Å². The molecule has 2 N–H and O–H groups in total. The van der Waals surface area contributed by atoms with Gasteiger partial charge in [-0.1, -0.05) is 15.9 Å². The lowest BCUT2D eigenvalue weighted by Crippen LogP contribution is -2.54. The fourth-order valence-corrected chi connectivity index (χ4v) is 2.72. The maximum absolute atomic E-state index is 12.4. The molecule has 4 nitrogen and oxygen atoms in total. The van der Waals surface area contributed by atoms with Crippen LogP contribution in [0.15, 0.2) is 28.7 Å². The molecule has 2 rings (SSSR count). The number of carbonyl (C=O) groups excluding carboxylic acids is 1. The third kappa shape index (κ3) is 5.58. The summed E-state index contributed by atoms with van der Waals surface area (Å²) in [6.45, 7) is 8.26. The largest absolute Gasteiger partial charge is 0.336 e. The predicted molar refractivity (Wildman–Crippen MR) is 92.0 cm³/mol. The van der Waals surface area contributed by atoms with Gasteiger partial charge in [-0.3, -0.25) is 9.69 Å². The Labute approximate surface area is 141 Å². The summed E-state index contributed by atoms with van der Waals surface area (Å²) in [7, 11) is 0. The number of hydrogen-bond acceptors (Lipinski definition) is 3. The smallest absolute Gasteiger partial charge is 0.253 e. The third-order valence-electron chi connectivity index (χ3n) is 3.38. The Morgan fingerprint density at radius 1 is 1.19 bits per heavy atom. The van der Waals surface area contributed by atoms with Crippen LogP contribution in [0.2, 0.25) is 0 Å². The van der Waals surface area contributed by atoms with E-state index in [9.17, 15) is 4.79 Å². The molecule has 118 valence electrons. The van der Waals surface area contributed by atoms with Crippen LogP contribution in [0.1, 0.15) is 24.2 Å². The fourth-order valence-electron chi connectivity index (χ4n) is 2.46. The van der Waals surface area contributed by atoms with E-state index in [0.29, 0.717) is 0 Å². The molecule has 0 aromatic heterocycles. The highest BCUT2D eigenvalue weighted by Crippen LogP contribution is 2.14. The normalized spacial score (nSPS) is 16.5. The minimum atomic E-state index is -0.183. The summed E-state index contributed by atoms with van der Waals surface area (Å²) in [5.41, 5.74) is 6.61. The Balaban J connectivity index is 0.00000220. The number of nitrogens with zero attached hydrogens (tertiary/aromatic N) is 2. The summed E-state index contributed by atoms with van der Waals surface area (Å²) in [5.74, 6) is 0.115. The minimum Gasteiger partial charge on any atom is -0.336 e. The molecule has 1 aromatic carbocycles. The van der Waals surface area contributed by atoms with E-state index in [1.165, 1.54) is 0 Å². The molecule has 0 spiro atoms. The average molecular weight is 377 g/mol. The molecular formula is C15H23BrClN3O. The Morgan fingerprint density at radius 2 is 1.71 bits per heavy atom. The van der Waals surface area contributed by atoms with E-state index < -0.39 is 0 Å². The van der Waals surface area contributed by atoms with Crippen molar-refractivity contribution in [3.63, 3.8) is 0 Å². The summed E-state index contributed by atoms with van der Waals surface area (Å²) in [6, 6.07) is 7.53. The second kappa shape index (κ2) is 7.58. The molecule has 1 aliphatic heterocycles. The van der Waals surface area contributed by atoms with Gasteiger partial charge in [-0.05, 0) is 38.1 Å². The van der Waals surface area contributed by atoms with E-state index in [2.05, 4.69) is 20.8 Å². The van der Waals surface area contributed by atoms with Crippen molar-refractivity contribution < 1.29 is 4.79 Å². The van der Waals surface area contributed by atoms with Gasteiger partial charge in [0.05, 0.1) is 0 Å². The highest BCUT2D eigenvalue weighted by molar-refractivity contribution is 9.10. The van der Waals surface area contributed by atoms with Crippen molar-refractivity contribution in [1.82, 2.24) is 9.80 Å². The van der Waals surface area contributed by atoms with Crippen molar-refractivity contribution >= 4 is 34.2 Å². The lowest BCUT2D eigenvalue weighted by atomic mass is 10.1. The van der Waals surface area contributed by atoms with Gasteiger partial charge >= 0.3 is 0 Å². The number of benzene rings is 1. The van der Waals surface area contributed by atoms with Crippen LogP contribution in [-0.2, 0) is 0 Å². The summed E-state index contributed by atoms with van der Waals surface area (Å²) in [5, 5.41) is 0. The van der Waals surface area contributed by atoms with Crippen LogP contribution in [0, 0.1) is 0 Å². The first-order valence-electron chi connectivity index (χ1n) is 6.91. The topological polar surface area (TPSA) is 49.6 Å². The molecular weight excluding hydrogens is 354 g/mol. The second-order valence-corrected chi connectivity index (χ2v) is 6.98. The highest BCUT2D eigenvalue weighted by Gasteiger charge is 2.24. The summed E-state index contributed by atoms with van der Waals surface area (Å²) in [6.07, 6.45) is 0. The first kappa shape index (κ1) is 18.4. The quantitative estimate of drug-likeness (QED) is 0.881. The molecule has 1 saturated heterocycles. The van der Waals surface area contributed by atoms with E-state index in [1.54, 1.807) is 0 Å². The van der Waals surface area contributed by atoms with Crippen molar-refractivity contribution in [2.75, 3.05) is 32.7 Å². The summed E-state index contributed by atoms with van der Waals surface area (Å²) >= 11 is 3.38. The van der Waals surface area contributed by atoms with Gasteiger partial charge in [0.1, 0.15) is 0 Å². The van der Waals surface area contributed by atoms with E-state index in [1.807, 2.05) is 43.0 Å². The summed E-state index contributed by atoms with van der Waals surface area (Å²) < 4.78 is 0.990. The monoisotopic (exact) mass is 375 g/mol. The fraction of sp³-hybridized carbons (Fsp3) is 0.533. The van der Waals surface area contributed by atoms with Crippen LogP contribution in [0.25, 0.3) is 0 Å². The molecule has 0 radical (unpaired) electrons. The maximum Gasteiger partial charge on any atom is 0.253 e. The van der Waals surface area contributed by atoms with Gasteiger partial charge in [0, 0.05) is 48.3 Å². The van der Waals surface area contributed by atoms with Crippen LogP contribution < -0.4 is 5.73 Å². The van der Waals surface area contributed by atoms with Gasteiger partial charge in [0.15, 0.2) is 0 Å². The van der Waals surface area contributed by atoms with Crippen molar-refractivity contribution in [2.24, 2.45) is 5.73 Å². The lowest BCUT2D eigenvalue weighted by molar-refractivity contribution is 0.0616. The first-order chi connectivity index (χ1) is 9.35. The Kier molecular flexibility index (Phi) is 6.66. The Hall–Kier alpha value is -0.620. The SMILES string of the molecule is CC(C)(N)CN1CCN(C(=O)c2ccc(Br)cc2)CC1.Cl. The number of rotatable bonds is 3. The van der Waals surface area contributed by atoms with Gasteiger partial charge in [-0.2, -0.15) is 0 Å². The number of halogens is 2. The van der Waals surface area contributed by atoms with E-state index in [-0.39, 0.29) is 23.9 Å². The first-order valence-corrected chi connectivity index (χ1v) is 7.70. The van der Waals surface area contributed by atoms with Crippen molar-refractivity contribution in [3.05, 3.63) is 34.3 Å². The zero-order valence-corrected chi connectivity index (χ0v) is 14.9. The number of nitrogens with two attached hydrogens (primary N) is 1. The molecule has 0 unspecified atom stereocenters. The highest BCUT2D eigenvalue weighted by atomic mass is 79.9. The molecule has 0 aliphatic carbocycles. The van der Waals surface area contributed by atoms with Gasteiger partial charge in [0.25, 0.3) is 5.91 Å². The van der Waals surface area contributed by atoms with Crippen LogP contribution >= 0.6 is 28.3 Å². The van der Waals surface area contributed by atoms with E-state index in [4.69, 9.17) is 5.73 Å². The molecule has 21 heavy (non-hydrogen) atoms. The molecule has 1 heterocycles.